The van der Waals surface area contributed by atoms with Gasteiger partial charge in [-0.3, -0.25) is 9.59 Å². The van der Waals surface area contributed by atoms with Gasteiger partial charge in [0.25, 0.3) is 0 Å². The highest BCUT2D eigenvalue weighted by molar-refractivity contribution is 5.76. The van der Waals surface area contributed by atoms with Crippen molar-refractivity contribution < 1.29 is 14.3 Å². The maximum absolute atomic E-state index is 11.8. The van der Waals surface area contributed by atoms with Crippen LogP contribution in [0.1, 0.15) is 32.8 Å². The van der Waals surface area contributed by atoms with Gasteiger partial charge >= 0.3 is 0 Å². The summed E-state index contributed by atoms with van der Waals surface area (Å²) in [6.45, 7) is 6.95. The largest absolute Gasteiger partial charge is 0.496 e. The quantitative estimate of drug-likeness (QED) is 0.801. The third kappa shape index (κ3) is 6.16. The average molecular weight is 306 g/mol. The summed E-state index contributed by atoms with van der Waals surface area (Å²) >= 11 is 0. The van der Waals surface area contributed by atoms with E-state index < -0.39 is 0 Å². The van der Waals surface area contributed by atoms with E-state index in [0.29, 0.717) is 32.0 Å². The van der Waals surface area contributed by atoms with Crippen molar-refractivity contribution in [1.29, 1.82) is 0 Å². The van der Waals surface area contributed by atoms with Gasteiger partial charge in [0.15, 0.2) is 0 Å². The topological polar surface area (TPSA) is 58.6 Å². The van der Waals surface area contributed by atoms with E-state index in [-0.39, 0.29) is 11.8 Å². The van der Waals surface area contributed by atoms with E-state index in [9.17, 15) is 9.59 Å². The molecular weight excluding hydrogens is 280 g/mol. The van der Waals surface area contributed by atoms with Crippen molar-refractivity contribution in [2.75, 3.05) is 20.2 Å². The molecule has 1 aromatic rings. The van der Waals surface area contributed by atoms with Crippen molar-refractivity contribution in [3.8, 4) is 5.75 Å². The zero-order valence-electron chi connectivity index (χ0n) is 13.9. The number of nitrogens with one attached hydrogen (secondary N) is 1. The average Bonchev–Trinajstić information content (AvgIpc) is 2.45. The molecule has 0 radical (unpaired) electrons. The fourth-order valence-electron chi connectivity index (χ4n) is 2.16. The molecule has 0 atom stereocenters. The Morgan fingerprint density at radius 2 is 1.95 bits per heavy atom. The van der Waals surface area contributed by atoms with E-state index >= 15 is 0 Å². The zero-order valence-corrected chi connectivity index (χ0v) is 13.9. The molecule has 0 spiro atoms. The lowest BCUT2D eigenvalue weighted by atomic mass is 10.1. The van der Waals surface area contributed by atoms with Crippen molar-refractivity contribution in [3.63, 3.8) is 0 Å². The second-order valence-corrected chi connectivity index (χ2v) is 5.70. The third-order valence-corrected chi connectivity index (χ3v) is 3.30. The molecule has 0 saturated heterocycles. The second-order valence-electron chi connectivity index (χ2n) is 5.70. The summed E-state index contributed by atoms with van der Waals surface area (Å²) in [4.78, 5) is 25.1. The Labute approximate surface area is 132 Å². The summed E-state index contributed by atoms with van der Waals surface area (Å²) in [5, 5.41) is 2.85. The maximum atomic E-state index is 11.8. The van der Waals surface area contributed by atoms with E-state index in [2.05, 4.69) is 5.32 Å². The highest BCUT2D eigenvalue weighted by Crippen LogP contribution is 2.19. The van der Waals surface area contributed by atoms with Crippen LogP contribution in [0.15, 0.2) is 24.3 Å². The van der Waals surface area contributed by atoms with Gasteiger partial charge in [-0.05, 0) is 12.0 Å². The van der Waals surface area contributed by atoms with Gasteiger partial charge in [-0.2, -0.15) is 0 Å². The first-order valence-electron chi connectivity index (χ1n) is 7.58. The summed E-state index contributed by atoms with van der Waals surface area (Å²) < 4.78 is 5.30. The van der Waals surface area contributed by atoms with Crippen molar-refractivity contribution >= 4 is 11.8 Å². The number of hydrogen-bond acceptors (Lipinski definition) is 3. The molecule has 0 heterocycles. The first-order valence-corrected chi connectivity index (χ1v) is 7.58. The molecule has 2 amide bonds. The highest BCUT2D eigenvalue weighted by Gasteiger charge is 2.13. The minimum absolute atomic E-state index is 0.0239. The molecule has 5 nitrogen and oxygen atoms in total. The van der Waals surface area contributed by atoms with Crippen LogP contribution in [-0.2, 0) is 16.1 Å². The SMILES string of the molecule is COc1ccccc1CN(CCNC(=O)CC(C)C)C(C)=O. The molecule has 1 aromatic carbocycles. The molecule has 0 bridgehead atoms. The van der Waals surface area contributed by atoms with Gasteiger partial charge in [0.1, 0.15) is 5.75 Å². The predicted octanol–water partition coefficient (Wildman–Crippen LogP) is 2.21. The normalized spacial score (nSPS) is 10.4. The number of hydrogen-bond donors (Lipinski definition) is 1. The lowest BCUT2D eigenvalue weighted by molar-refractivity contribution is -0.130. The van der Waals surface area contributed by atoms with Gasteiger partial charge in [-0.15, -0.1) is 0 Å². The lowest BCUT2D eigenvalue weighted by Gasteiger charge is -2.22. The number of carbonyl (C=O) groups excluding carboxylic acids is 2. The van der Waals surface area contributed by atoms with Crippen LogP contribution in [0.25, 0.3) is 0 Å². The van der Waals surface area contributed by atoms with Crippen LogP contribution in [-0.4, -0.2) is 36.9 Å². The molecule has 22 heavy (non-hydrogen) atoms. The van der Waals surface area contributed by atoms with Gasteiger partial charge in [0.05, 0.1) is 7.11 Å². The lowest BCUT2D eigenvalue weighted by Crippen LogP contribution is -2.37. The molecule has 0 unspecified atom stereocenters. The van der Waals surface area contributed by atoms with E-state index in [1.54, 1.807) is 12.0 Å². The fraction of sp³-hybridized carbons (Fsp3) is 0.529. The van der Waals surface area contributed by atoms with Gasteiger partial charge in [0.2, 0.25) is 11.8 Å². The van der Waals surface area contributed by atoms with Crippen LogP contribution in [0.5, 0.6) is 5.75 Å². The first-order chi connectivity index (χ1) is 10.4. The number of methoxy groups -OCH3 is 1. The molecule has 1 rings (SSSR count). The molecule has 0 aliphatic rings. The van der Waals surface area contributed by atoms with Crippen LogP contribution < -0.4 is 10.1 Å². The Balaban J connectivity index is 2.56. The summed E-state index contributed by atoms with van der Waals surface area (Å²) in [6.07, 6.45) is 0.507. The summed E-state index contributed by atoms with van der Waals surface area (Å²) in [6, 6.07) is 7.62. The smallest absolute Gasteiger partial charge is 0.220 e. The number of ether oxygens (including phenoxy) is 1. The van der Waals surface area contributed by atoms with E-state index in [0.717, 1.165) is 11.3 Å². The summed E-state index contributed by atoms with van der Waals surface area (Å²) in [5.41, 5.74) is 0.953. The number of rotatable bonds is 8. The number of carbonyl (C=O) groups is 2. The predicted molar refractivity (Wildman–Crippen MR) is 86.5 cm³/mol. The Bertz CT molecular complexity index is 500. The number of amides is 2. The molecule has 0 saturated carbocycles. The van der Waals surface area contributed by atoms with Crippen LogP contribution in [0.3, 0.4) is 0 Å². The minimum Gasteiger partial charge on any atom is -0.496 e. The molecule has 0 fully saturated rings. The number of para-hydroxylation sites is 1. The standard InChI is InChI=1S/C17H26N2O3/c1-13(2)11-17(21)18-9-10-19(14(3)20)12-15-7-5-6-8-16(15)22-4/h5-8,13H,9-12H2,1-4H3,(H,18,21). The van der Waals surface area contributed by atoms with E-state index in [1.165, 1.54) is 6.92 Å². The van der Waals surface area contributed by atoms with Gasteiger partial charge < -0.3 is 15.0 Å². The zero-order chi connectivity index (χ0) is 16.5. The van der Waals surface area contributed by atoms with Crippen molar-refractivity contribution in [1.82, 2.24) is 10.2 Å². The van der Waals surface area contributed by atoms with Crippen molar-refractivity contribution in [3.05, 3.63) is 29.8 Å². The van der Waals surface area contributed by atoms with Crippen LogP contribution in [0, 0.1) is 5.92 Å². The van der Waals surface area contributed by atoms with E-state index in [4.69, 9.17) is 4.74 Å². The van der Waals surface area contributed by atoms with Gasteiger partial charge in [-0.25, -0.2) is 0 Å². The molecule has 0 aromatic heterocycles. The molecule has 0 aliphatic carbocycles. The summed E-state index contributed by atoms with van der Waals surface area (Å²) in [5.74, 6) is 1.09. The molecular formula is C17H26N2O3. The van der Waals surface area contributed by atoms with Crippen LogP contribution >= 0.6 is 0 Å². The molecule has 1 N–H and O–H groups in total. The summed E-state index contributed by atoms with van der Waals surface area (Å²) in [7, 11) is 1.61. The Morgan fingerprint density at radius 3 is 2.55 bits per heavy atom. The molecule has 5 heteroatoms. The van der Waals surface area contributed by atoms with Crippen molar-refractivity contribution in [2.24, 2.45) is 5.92 Å². The monoisotopic (exact) mass is 306 g/mol. The van der Waals surface area contributed by atoms with Crippen molar-refractivity contribution in [2.45, 2.75) is 33.7 Å². The van der Waals surface area contributed by atoms with Crippen LogP contribution in [0.4, 0.5) is 0 Å². The number of benzene rings is 1. The minimum atomic E-state index is -0.0241. The Hall–Kier alpha value is -2.04. The van der Waals surface area contributed by atoms with Gasteiger partial charge in [-0.1, -0.05) is 32.0 Å². The van der Waals surface area contributed by atoms with Gasteiger partial charge in [0, 0.05) is 38.5 Å². The first kappa shape index (κ1) is 18.0. The Kier molecular flexibility index (Phi) is 7.43. The second kappa shape index (κ2) is 9.07. The third-order valence-electron chi connectivity index (χ3n) is 3.30. The molecule has 122 valence electrons. The highest BCUT2D eigenvalue weighted by atomic mass is 16.5. The maximum Gasteiger partial charge on any atom is 0.220 e. The van der Waals surface area contributed by atoms with E-state index in [1.807, 2.05) is 38.1 Å². The Morgan fingerprint density at radius 1 is 1.27 bits per heavy atom. The fourth-order valence-corrected chi connectivity index (χ4v) is 2.16. The number of nitrogens with zero attached hydrogens (tertiary/aromatic N) is 1. The van der Waals surface area contributed by atoms with Crippen LogP contribution in [0.2, 0.25) is 0 Å². The molecule has 0 aliphatic heterocycles.